The van der Waals surface area contributed by atoms with E-state index < -0.39 is 0 Å². The molecule has 0 aliphatic rings. The van der Waals surface area contributed by atoms with Gasteiger partial charge in [-0.25, -0.2) is 0 Å². The number of rotatable bonds is 4. The van der Waals surface area contributed by atoms with Gasteiger partial charge in [0.15, 0.2) is 5.11 Å². The molecule has 0 unspecified atom stereocenters. The lowest BCUT2D eigenvalue weighted by molar-refractivity contribution is 0.0919. The van der Waals surface area contributed by atoms with Gasteiger partial charge in [0, 0.05) is 11.1 Å². The number of amides is 2. The Balaban J connectivity index is 2.07. The first-order valence-corrected chi connectivity index (χ1v) is 9.61. The predicted molar refractivity (Wildman–Crippen MR) is 118 cm³/mol. The average Bonchev–Trinajstić information content (AvgIpc) is 2.60. The molecule has 0 aliphatic carbocycles. The van der Waals surface area contributed by atoms with Gasteiger partial charge < -0.3 is 10.6 Å². The Bertz CT molecular complexity index is 868. The van der Waals surface area contributed by atoms with E-state index in [4.69, 9.17) is 12.2 Å². The van der Waals surface area contributed by atoms with Gasteiger partial charge >= 0.3 is 0 Å². The molecule has 3 N–H and O–H groups in total. The third-order valence-electron chi connectivity index (χ3n) is 3.98. The number of carbonyl (C=O) groups excluding carboxylic acids is 2. The average molecular weight is 398 g/mol. The number of para-hydroxylation sites is 1. The number of anilines is 1. The van der Waals surface area contributed by atoms with Crippen molar-refractivity contribution in [3.05, 3.63) is 65.2 Å². The molecule has 28 heavy (non-hydrogen) atoms. The summed E-state index contributed by atoms with van der Waals surface area (Å²) in [4.78, 5) is 24.9. The molecule has 2 amide bonds. The van der Waals surface area contributed by atoms with E-state index in [1.165, 1.54) is 0 Å². The van der Waals surface area contributed by atoms with Crippen LogP contribution in [0.1, 0.15) is 66.8 Å². The standard InChI is InChI=1S/C22H27N3O2S/c1-14(2)15-10-12-16(13-11-15)19(26)24-21(28)23-18-9-7-6-8-17(18)20(27)25-22(3,4)5/h6-14H,1-5H3,(H,25,27)(H2,23,24,26,28). The minimum atomic E-state index is -0.360. The van der Waals surface area contributed by atoms with E-state index in [0.29, 0.717) is 22.7 Å². The molecule has 5 nitrogen and oxygen atoms in total. The molecule has 0 heterocycles. The highest BCUT2D eigenvalue weighted by Gasteiger charge is 2.18. The summed E-state index contributed by atoms with van der Waals surface area (Å²) < 4.78 is 0. The van der Waals surface area contributed by atoms with Crippen LogP contribution in [0.5, 0.6) is 0 Å². The number of hydrogen-bond acceptors (Lipinski definition) is 3. The summed E-state index contributed by atoms with van der Waals surface area (Å²) in [6.45, 7) is 9.94. The van der Waals surface area contributed by atoms with Crippen LogP contribution in [0.15, 0.2) is 48.5 Å². The summed E-state index contributed by atoms with van der Waals surface area (Å²) in [5.74, 6) is -0.117. The second-order valence-electron chi connectivity index (χ2n) is 7.93. The topological polar surface area (TPSA) is 70.2 Å². The largest absolute Gasteiger partial charge is 0.347 e. The van der Waals surface area contributed by atoms with Crippen molar-refractivity contribution in [1.29, 1.82) is 0 Å². The van der Waals surface area contributed by atoms with Crippen molar-refractivity contribution in [3.8, 4) is 0 Å². The molecule has 0 aromatic heterocycles. The molecule has 2 rings (SSSR count). The molecular weight excluding hydrogens is 370 g/mol. The Morgan fingerprint density at radius 1 is 0.929 bits per heavy atom. The molecular formula is C22H27N3O2S. The van der Waals surface area contributed by atoms with Gasteiger partial charge in [-0.05, 0) is 68.7 Å². The van der Waals surface area contributed by atoms with E-state index in [9.17, 15) is 9.59 Å². The summed E-state index contributed by atoms with van der Waals surface area (Å²) in [6.07, 6.45) is 0. The summed E-state index contributed by atoms with van der Waals surface area (Å²) in [5.41, 5.74) is 2.31. The van der Waals surface area contributed by atoms with E-state index in [1.54, 1.807) is 36.4 Å². The van der Waals surface area contributed by atoms with Crippen molar-refractivity contribution in [2.45, 2.75) is 46.1 Å². The molecule has 0 atom stereocenters. The molecule has 0 radical (unpaired) electrons. The fourth-order valence-corrected chi connectivity index (χ4v) is 2.75. The number of hydrogen-bond donors (Lipinski definition) is 3. The SMILES string of the molecule is CC(C)c1ccc(C(=O)NC(=S)Nc2ccccc2C(=O)NC(C)(C)C)cc1. The van der Waals surface area contributed by atoms with E-state index in [2.05, 4.69) is 29.8 Å². The lowest BCUT2D eigenvalue weighted by Crippen LogP contribution is -2.41. The predicted octanol–water partition coefficient (Wildman–Crippen LogP) is 4.47. The summed E-state index contributed by atoms with van der Waals surface area (Å²) in [6, 6.07) is 14.4. The van der Waals surface area contributed by atoms with Crippen molar-refractivity contribution in [1.82, 2.24) is 10.6 Å². The van der Waals surface area contributed by atoms with E-state index in [1.807, 2.05) is 32.9 Å². The highest BCUT2D eigenvalue weighted by molar-refractivity contribution is 7.80. The van der Waals surface area contributed by atoms with E-state index >= 15 is 0 Å². The number of thiocarbonyl (C=S) groups is 1. The lowest BCUT2D eigenvalue weighted by atomic mass is 10.0. The van der Waals surface area contributed by atoms with Crippen LogP contribution in [0.25, 0.3) is 0 Å². The third kappa shape index (κ3) is 6.16. The summed E-state index contributed by atoms with van der Waals surface area (Å²) in [5, 5.41) is 8.66. The number of nitrogens with one attached hydrogen (secondary N) is 3. The summed E-state index contributed by atoms with van der Waals surface area (Å²) in [7, 11) is 0. The normalized spacial score (nSPS) is 11.1. The van der Waals surface area contributed by atoms with Crippen LogP contribution < -0.4 is 16.0 Å². The zero-order valence-electron chi connectivity index (χ0n) is 16.9. The third-order valence-corrected chi connectivity index (χ3v) is 4.18. The van der Waals surface area contributed by atoms with Crippen molar-refractivity contribution in [2.75, 3.05) is 5.32 Å². The fraction of sp³-hybridized carbons (Fsp3) is 0.318. The van der Waals surface area contributed by atoms with Crippen molar-refractivity contribution in [2.24, 2.45) is 0 Å². The highest BCUT2D eigenvalue weighted by Crippen LogP contribution is 2.17. The molecule has 0 saturated carbocycles. The Hall–Kier alpha value is -2.73. The van der Waals surface area contributed by atoms with Gasteiger partial charge in [-0.2, -0.15) is 0 Å². The smallest absolute Gasteiger partial charge is 0.257 e. The quantitative estimate of drug-likeness (QED) is 0.666. The van der Waals surface area contributed by atoms with Crippen molar-refractivity contribution < 1.29 is 9.59 Å². The van der Waals surface area contributed by atoms with Gasteiger partial charge in [-0.15, -0.1) is 0 Å². The first-order valence-electron chi connectivity index (χ1n) is 9.20. The highest BCUT2D eigenvalue weighted by atomic mass is 32.1. The van der Waals surface area contributed by atoms with E-state index in [-0.39, 0.29) is 22.5 Å². The van der Waals surface area contributed by atoms with Gasteiger partial charge in [0.25, 0.3) is 11.8 Å². The van der Waals surface area contributed by atoms with E-state index in [0.717, 1.165) is 5.56 Å². The molecule has 2 aromatic rings. The number of benzene rings is 2. The maximum atomic E-state index is 12.5. The first kappa shape index (κ1) is 21.6. The van der Waals surface area contributed by atoms with Gasteiger partial charge in [0.1, 0.15) is 0 Å². The van der Waals surface area contributed by atoms with Crippen molar-refractivity contribution in [3.63, 3.8) is 0 Å². The van der Waals surface area contributed by atoms with Crippen molar-refractivity contribution >= 4 is 34.8 Å². The molecule has 2 aromatic carbocycles. The van der Waals surface area contributed by atoms with Gasteiger partial charge in [-0.1, -0.05) is 38.1 Å². The molecule has 0 spiro atoms. The van der Waals surface area contributed by atoms with Crippen LogP contribution in [-0.4, -0.2) is 22.5 Å². The summed E-state index contributed by atoms with van der Waals surface area (Å²) >= 11 is 5.26. The van der Waals surface area contributed by atoms with Gasteiger partial charge in [-0.3, -0.25) is 14.9 Å². The Kier molecular flexibility index (Phi) is 6.91. The lowest BCUT2D eigenvalue weighted by Gasteiger charge is -2.21. The Labute approximate surface area is 171 Å². The molecule has 0 aliphatic heterocycles. The minimum Gasteiger partial charge on any atom is -0.347 e. The van der Waals surface area contributed by atoms with Crippen LogP contribution >= 0.6 is 12.2 Å². The maximum absolute atomic E-state index is 12.5. The molecule has 148 valence electrons. The van der Waals surface area contributed by atoms with Crippen LogP contribution in [0, 0.1) is 0 Å². The Morgan fingerprint density at radius 2 is 1.54 bits per heavy atom. The van der Waals surface area contributed by atoms with Crippen LogP contribution in [0.2, 0.25) is 0 Å². The first-order chi connectivity index (χ1) is 13.1. The van der Waals surface area contributed by atoms with Crippen LogP contribution in [0.4, 0.5) is 5.69 Å². The second-order valence-corrected chi connectivity index (χ2v) is 8.34. The molecule has 0 bridgehead atoms. The molecule has 6 heteroatoms. The Morgan fingerprint density at radius 3 is 2.11 bits per heavy atom. The zero-order chi connectivity index (χ0) is 20.9. The molecule has 0 fully saturated rings. The van der Waals surface area contributed by atoms with Crippen LogP contribution in [0.3, 0.4) is 0 Å². The second kappa shape index (κ2) is 8.97. The number of carbonyl (C=O) groups is 2. The fourth-order valence-electron chi connectivity index (χ4n) is 2.55. The maximum Gasteiger partial charge on any atom is 0.257 e. The molecule has 0 saturated heterocycles. The van der Waals surface area contributed by atoms with Crippen LogP contribution in [-0.2, 0) is 0 Å². The van der Waals surface area contributed by atoms with Gasteiger partial charge in [0.2, 0.25) is 0 Å². The van der Waals surface area contributed by atoms with Gasteiger partial charge in [0.05, 0.1) is 11.3 Å². The zero-order valence-corrected chi connectivity index (χ0v) is 17.7. The monoisotopic (exact) mass is 397 g/mol. The minimum absolute atomic E-state index is 0.133.